The summed E-state index contributed by atoms with van der Waals surface area (Å²) in [5.41, 5.74) is 2.82. The van der Waals surface area contributed by atoms with E-state index in [2.05, 4.69) is 18.2 Å². The Labute approximate surface area is 142 Å². The van der Waals surface area contributed by atoms with Crippen molar-refractivity contribution in [2.24, 2.45) is 0 Å². The second-order valence-electron chi connectivity index (χ2n) is 6.41. The fourth-order valence-corrected chi connectivity index (χ4v) is 3.08. The van der Waals surface area contributed by atoms with Gasteiger partial charge in [0.2, 0.25) is 5.91 Å². The minimum atomic E-state index is -0.565. The highest BCUT2D eigenvalue weighted by molar-refractivity contribution is 6.30. The molecule has 0 bridgehead atoms. The van der Waals surface area contributed by atoms with E-state index in [-0.39, 0.29) is 5.91 Å². The van der Waals surface area contributed by atoms with Gasteiger partial charge in [-0.2, -0.15) is 0 Å². The third-order valence-electron chi connectivity index (χ3n) is 4.45. The number of hydrogen-bond donors (Lipinski definition) is 0. The highest BCUT2D eigenvalue weighted by Gasteiger charge is 2.35. The van der Waals surface area contributed by atoms with Crippen molar-refractivity contribution in [3.63, 3.8) is 0 Å². The molecule has 1 aliphatic rings. The summed E-state index contributed by atoms with van der Waals surface area (Å²) in [6.07, 6.45) is 2.14. The predicted molar refractivity (Wildman–Crippen MR) is 95.5 cm³/mol. The van der Waals surface area contributed by atoms with Gasteiger partial charge in [-0.1, -0.05) is 60.1 Å². The number of amides is 1. The van der Waals surface area contributed by atoms with Gasteiger partial charge in [0, 0.05) is 18.1 Å². The van der Waals surface area contributed by atoms with E-state index in [0.29, 0.717) is 18.1 Å². The molecule has 0 saturated carbocycles. The van der Waals surface area contributed by atoms with Gasteiger partial charge in [-0.25, -0.2) is 0 Å². The second-order valence-corrected chi connectivity index (χ2v) is 6.85. The molecule has 0 unspecified atom stereocenters. The average molecular weight is 326 g/mol. The zero-order valence-corrected chi connectivity index (χ0v) is 14.2. The summed E-state index contributed by atoms with van der Waals surface area (Å²) in [6.45, 7) is 5.28. The molecule has 0 radical (unpaired) electrons. The highest BCUT2D eigenvalue weighted by Crippen LogP contribution is 2.30. The van der Waals surface area contributed by atoms with Gasteiger partial charge in [0.25, 0.3) is 0 Å². The molecule has 2 aromatic rings. The van der Waals surface area contributed by atoms with E-state index >= 15 is 0 Å². The number of nitrogens with zero attached hydrogens (tertiary/aromatic N) is 1. The lowest BCUT2D eigenvalue weighted by molar-refractivity contribution is -0.134. The van der Waals surface area contributed by atoms with E-state index < -0.39 is 5.41 Å². The Morgan fingerprint density at radius 3 is 2.35 bits per heavy atom. The van der Waals surface area contributed by atoms with Crippen LogP contribution in [0.4, 0.5) is 0 Å². The quantitative estimate of drug-likeness (QED) is 0.811. The van der Waals surface area contributed by atoms with Crippen LogP contribution in [0.15, 0.2) is 60.7 Å². The van der Waals surface area contributed by atoms with Crippen molar-refractivity contribution < 1.29 is 4.79 Å². The number of benzene rings is 2. The molecule has 23 heavy (non-hydrogen) atoms. The third-order valence-corrected chi connectivity index (χ3v) is 4.70. The normalized spacial score (nSPS) is 14.7. The molecule has 3 heteroatoms. The molecule has 0 spiro atoms. The van der Waals surface area contributed by atoms with Gasteiger partial charge in [0.05, 0.1) is 5.41 Å². The maximum Gasteiger partial charge on any atom is 0.233 e. The van der Waals surface area contributed by atoms with Crippen molar-refractivity contribution in [3.8, 4) is 0 Å². The molecule has 0 saturated heterocycles. The number of rotatable bonds is 3. The van der Waals surface area contributed by atoms with Crippen LogP contribution in [0, 0.1) is 0 Å². The summed E-state index contributed by atoms with van der Waals surface area (Å²) in [6, 6.07) is 17.8. The largest absolute Gasteiger partial charge is 0.334 e. The van der Waals surface area contributed by atoms with Gasteiger partial charge in [-0.05, 0) is 42.7 Å². The first-order valence-corrected chi connectivity index (χ1v) is 8.16. The van der Waals surface area contributed by atoms with E-state index in [1.165, 1.54) is 11.1 Å². The van der Waals surface area contributed by atoms with Crippen LogP contribution in [-0.4, -0.2) is 23.9 Å². The average Bonchev–Trinajstić information content (AvgIpc) is 3.05. The molecule has 118 valence electrons. The minimum Gasteiger partial charge on any atom is -0.334 e. The first-order valence-electron chi connectivity index (χ1n) is 7.78. The van der Waals surface area contributed by atoms with Crippen molar-refractivity contribution in [1.29, 1.82) is 0 Å². The highest BCUT2D eigenvalue weighted by atomic mass is 35.5. The first-order chi connectivity index (χ1) is 11.0. The molecule has 1 aliphatic heterocycles. The lowest BCUT2D eigenvalue weighted by Gasteiger charge is -2.30. The lowest BCUT2D eigenvalue weighted by atomic mass is 9.83. The van der Waals surface area contributed by atoms with Crippen LogP contribution in [-0.2, 0) is 10.2 Å². The Balaban J connectivity index is 1.76. The van der Waals surface area contributed by atoms with Crippen LogP contribution in [0.3, 0.4) is 0 Å². The topological polar surface area (TPSA) is 20.3 Å². The Morgan fingerprint density at radius 1 is 1.04 bits per heavy atom. The summed E-state index contributed by atoms with van der Waals surface area (Å²) in [5, 5.41) is 0.686. The van der Waals surface area contributed by atoms with Crippen LogP contribution < -0.4 is 0 Å². The standard InChI is InChI=1S/C20H20ClNO/c1-20(2,17-8-10-18(21)11-9-17)19(23)22-13-12-16(14-22)15-6-4-3-5-7-15/h3-12H,13-14H2,1-2H3. The molecular weight excluding hydrogens is 306 g/mol. The van der Waals surface area contributed by atoms with Gasteiger partial charge in [0.1, 0.15) is 0 Å². The fourth-order valence-electron chi connectivity index (χ4n) is 2.96. The molecule has 3 rings (SSSR count). The van der Waals surface area contributed by atoms with E-state index in [9.17, 15) is 4.79 Å². The maximum atomic E-state index is 13.0. The number of carbonyl (C=O) groups excluding carboxylic acids is 1. The Bertz CT molecular complexity index is 732. The smallest absolute Gasteiger partial charge is 0.233 e. The molecule has 1 heterocycles. The van der Waals surface area contributed by atoms with E-state index in [4.69, 9.17) is 11.6 Å². The van der Waals surface area contributed by atoms with Crippen LogP contribution in [0.2, 0.25) is 5.02 Å². The summed E-state index contributed by atoms with van der Waals surface area (Å²) in [5.74, 6) is 0.141. The molecular formula is C20H20ClNO. The van der Waals surface area contributed by atoms with Crippen molar-refractivity contribution >= 4 is 23.1 Å². The molecule has 0 aliphatic carbocycles. The molecule has 1 amide bonds. The Morgan fingerprint density at radius 2 is 1.70 bits per heavy atom. The predicted octanol–water partition coefficient (Wildman–Crippen LogP) is 4.54. The van der Waals surface area contributed by atoms with Crippen LogP contribution >= 0.6 is 11.6 Å². The van der Waals surface area contributed by atoms with Gasteiger partial charge >= 0.3 is 0 Å². The van der Waals surface area contributed by atoms with Gasteiger partial charge in [-0.15, -0.1) is 0 Å². The van der Waals surface area contributed by atoms with Gasteiger partial charge in [0.15, 0.2) is 0 Å². The number of hydrogen-bond acceptors (Lipinski definition) is 1. The maximum absolute atomic E-state index is 13.0. The second kappa shape index (κ2) is 6.21. The Kier molecular flexibility index (Phi) is 4.27. The van der Waals surface area contributed by atoms with E-state index in [1.54, 1.807) is 0 Å². The molecule has 0 N–H and O–H groups in total. The zero-order valence-electron chi connectivity index (χ0n) is 13.4. The first kappa shape index (κ1) is 15.8. The van der Waals surface area contributed by atoms with E-state index in [1.807, 2.05) is 61.2 Å². The number of carbonyl (C=O) groups is 1. The van der Waals surface area contributed by atoms with Crippen LogP contribution in [0.25, 0.3) is 5.57 Å². The third kappa shape index (κ3) is 3.18. The van der Waals surface area contributed by atoms with Crippen molar-refractivity contribution in [1.82, 2.24) is 4.90 Å². The molecule has 0 atom stereocenters. The Hall–Kier alpha value is -2.06. The SMILES string of the molecule is CC(C)(C(=O)N1CC=C(c2ccccc2)C1)c1ccc(Cl)cc1. The van der Waals surface area contributed by atoms with Crippen LogP contribution in [0.1, 0.15) is 25.0 Å². The van der Waals surface area contributed by atoms with E-state index in [0.717, 1.165) is 5.56 Å². The summed E-state index contributed by atoms with van der Waals surface area (Å²) in [7, 11) is 0. The van der Waals surface area contributed by atoms with Crippen LogP contribution in [0.5, 0.6) is 0 Å². The minimum absolute atomic E-state index is 0.141. The van der Waals surface area contributed by atoms with Crippen molar-refractivity contribution in [3.05, 3.63) is 76.8 Å². The van der Waals surface area contributed by atoms with Gasteiger partial charge < -0.3 is 4.90 Å². The molecule has 2 aromatic carbocycles. The van der Waals surface area contributed by atoms with Crippen molar-refractivity contribution in [2.75, 3.05) is 13.1 Å². The monoisotopic (exact) mass is 325 g/mol. The number of halogens is 1. The van der Waals surface area contributed by atoms with Gasteiger partial charge in [-0.3, -0.25) is 4.79 Å². The summed E-state index contributed by atoms with van der Waals surface area (Å²) < 4.78 is 0. The van der Waals surface area contributed by atoms with Crippen molar-refractivity contribution in [2.45, 2.75) is 19.3 Å². The summed E-state index contributed by atoms with van der Waals surface area (Å²) in [4.78, 5) is 14.9. The molecule has 2 nitrogen and oxygen atoms in total. The lowest BCUT2D eigenvalue weighted by Crippen LogP contribution is -2.42. The molecule has 0 fully saturated rings. The molecule has 0 aromatic heterocycles. The summed E-state index contributed by atoms with van der Waals surface area (Å²) >= 11 is 5.95. The zero-order chi connectivity index (χ0) is 16.4. The fraction of sp³-hybridized carbons (Fsp3) is 0.250.